The van der Waals surface area contributed by atoms with Crippen molar-refractivity contribution in [1.82, 2.24) is 4.98 Å². The third-order valence-electron chi connectivity index (χ3n) is 5.44. The number of benzene rings is 3. The second-order valence-electron chi connectivity index (χ2n) is 7.75. The first kappa shape index (κ1) is 22.6. The van der Waals surface area contributed by atoms with Gasteiger partial charge in [-0.2, -0.15) is 5.26 Å². The molecule has 0 aliphatic heterocycles. The van der Waals surface area contributed by atoms with Crippen molar-refractivity contribution in [3.63, 3.8) is 0 Å². The molecule has 35 heavy (non-hydrogen) atoms. The topological polar surface area (TPSA) is 78.9 Å². The number of carbonyl (C=O) groups excluding carboxylic acids is 1. The normalized spacial score (nSPS) is 11.4. The van der Waals surface area contributed by atoms with Crippen molar-refractivity contribution in [3.8, 4) is 17.4 Å². The van der Waals surface area contributed by atoms with Crippen LogP contribution in [0.1, 0.15) is 16.2 Å². The number of rotatable bonds is 6. The van der Waals surface area contributed by atoms with E-state index in [0.717, 1.165) is 10.4 Å². The molecule has 0 radical (unpaired) electrons. The van der Waals surface area contributed by atoms with Gasteiger partial charge in [0.15, 0.2) is 5.13 Å². The van der Waals surface area contributed by atoms with Gasteiger partial charge in [-0.25, -0.2) is 4.98 Å². The van der Waals surface area contributed by atoms with Crippen molar-refractivity contribution in [2.24, 2.45) is 0 Å². The summed E-state index contributed by atoms with van der Waals surface area (Å²) in [4.78, 5) is 18.1. The minimum Gasteiger partial charge on any atom is -0.457 e. The van der Waals surface area contributed by atoms with Gasteiger partial charge in [0.25, 0.3) is 5.91 Å². The Morgan fingerprint density at radius 2 is 1.86 bits per heavy atom. The van der Waals surface area contributed by atoms with Gasteiger partial charge in [-0.3, -0.25) is 10.1 Å². The number of nitrogens with zero attached hydrogens (tertiary/aromatic N) is 2. The molecular weight excluding hydrogens is 478 g/mol. The lowest BCUT2D eigenvalue weighted by Gasteiger charge is -2.04. The van der Waals surface area contributed by atoms with Crippen LogP contribution in [0.4, 0.5) is 5.13 Å². The lowest BCUT2D eigenvalue weighted by atomic mass is 10.0. The lowest BCUT2D eigenvalue weighted by Crippen LogP contribution is -2.13. The fraction of sp³-hybridized carbons (Fsp3) is 0.0357. The minimum absolute atomic E-state index is 0.0872. The van der Waals surface area contributed by atoms with Gasteiger partial charge < -0.3 is 4.42 Å². The molecule has 170 valence electrons. The molecule has 5 rings (SSSR count). The van der Waals surface area contributed by atoms with E-state index in [9.17, 15) is 10.1 Å². The fourth-order valence-corrected chi connectivity index (χ4v) is 4.83. The molecule has 0 saturated heterocycles. The van der Waals surface area contributed by atoms with Crippen molar-refractivity contribution in [2.75, 3.05) is 5.32 Å². The highest BCUT2D eigenvalue weighted by Gasteiger charge is 2.14. The molecule has 2 aromatic heterocycles. The summed E-state index contributed by atoms with van der Waals surface area (Å²) in [6.07, 6.45) is 3.85. The van der Waals surface area contributed by atoms with Crippen molar-refractivity contribution in [1.29, 1.82) is 5.26 Å². The second kappa shape index (κ2) is 9.98. The highest BCUT2D eigenvalue weighted by molar-refractivity contribution is 7.15. The number of aromatic nitrogens is 1. The number of carbonyl (C=O) groups is 1. The Hall–Kier alpha value is -4.18. The van der Waals surface area contributed by atoms with Gasteiger partial charge in [0.2, 0.25) is 0 Å². The summed E-state index contributed by atoms with van der Waals surface area (Å²) in [5, 5.41) is 15.6. The van der Waals surface area contributed by atoms with E-state index >= 15 is 0 Å². The molecule has 0 aliphatic carbocycles. The third-order valence-corrected chi connectivity index (χ3v) is 6.68. The first-order chi connectivity index (χ1) is 17.1. The Morgan fingerprint density at radius 1 is 1.06 bits per heavy atom. The summed E-state index contributed by atoms with van der Waals surface area (Å²) >= 11 is 7.61. The van der Waals surface area contributed by atoms with Crippen LogP contribution >= 0.6 is 22.9 Å². The predicted octanol–water partition coefficient (Wildman–Crippen LogP) is 7.35. The number of nitrogens with one attached hydrogen (secondary N) is 1. The highest BCUT2D eigenvalue weighted by Crippen LogP contribution is 2.30. The maximum absolute atomic E-state index is 12.7. The van der Waals surface area contributed by atoms with Gasteiger partial charge >= 0.3 is 0 Å². The number of fused-ring (bicyclic) bond motifs is 1. The molecule has 2 heterocycles. The van der Waals surface area contributed by atoms with Gasteiger partial charge in [-0.05, 0) is 40.6 Å². The first-order valence-electron chi connectivity index (χ1n) is 10.8. The molecule has 1 N–H and O–H groups in total. The van der Waals surface area contributed by atoms with E-state index in [1.165, 1.54) is 33.7 Å². The molecule has 7 heteroatoms. The maximum Gasteiger partial charge on any atom is 0.268 e. The van der Waals surface area contributed by atoms with Crippen LogP contribution < -0.4 is 5.32 Å². The number of thiazole rings is 1. The molecule has 0 aliphatic rings. The molecule has 0 unspecified atom stereocenters. The number of anilines is 1. The lowest BCUT2D eigenvalue weighted by molar-refractivity contribution is -0.112. The van der Waals surface area contributed by atoms with E-state index in [2.05, 4.69) is 34.6 Å². The van der Waals surface area contributed by atoms with Crippen molar-refractivity contribution >= 4 is 50.8 Å². The number of hydrogen-bond acceptors (Lipinski definition) is 5. The van der Waals surface area contributed by atoms with Gasteiger partial charge in [-0.1, -0.05) is 66.2 Å². The summed E-state index contributed by atoms with van der Waals surface area (Å²) in [6.45, 7) is 0. The number of hydrogen-bond donors (Lipinski definition) is 1. The number of nitriles is 1. The average molecular weight is 496 g/mol. The predicted molar refractivity (Wildman–Crippen MR) is 140 cm³/mol. The molecule has 0 fully saturated rings. The first-order valence-corrected chi connectivity index (χ1v) is 12.0. The van der Waals surface area contributed by atoms with E-state index in [0.29, 0.717) is 28.1 Å². The van der Waals surface area contributed by atoms with Gasteiger partial charge in [0.1, 0.15) is 23.2 Å². The molecule has 3 aromatic carbocycles. The summed E-state index contributed by atoms with van der Waals surface area (Å²) < 4.78 is 5.78. The molecule has 0 bridgehead atoms. The van der Waals surface area contributed by atoms with E-state index < -0.39 is 5.91 Å². The summed E-state index contributed by atoms with van der Waals surface area (Å²) in [7, 11) is 0. The van der Waals surface area contributed by atoms with Gasteiger partial charge in [0, 0.05) is 29.1 Å². The van der Waals surface area contributed by atoms with Crippen LogP contribution in [0.2, 0.25) is 5.02 Å². The minimum atomic E-state index is -0.547. The SMILES string of the molecule is N#C/C(=C\c1ccc(-c2ccccc2Cl)o1)C(=O)Nc1ncc(Cc2cccc3ccccc23)s1. The van der Waals surface area contributed by atoms with Crippen LogP contribution in [0.5, 0.6) is 0 Å². The molecule has 5 nitrogen and oxygen atoms in total. The Bertz CT molecular complexity index is 1600. The summed E-state index contributed by atoms with van der Waals surface area (Å²) in [5.74, 6) is 0.384. The Kier molecular flexibility index (Phi) is 6.44. The average Bonchev–Trinajstić information content (AvgIpc) is 3.52. The van der Waals surface area contributed by atoms with Crippen LogP contribution in [0.25, 0.3) is 28.2 Å². The zero-order valence-electron chi connectivity index (χ0n) is 18.4. The smallest absolute Gasteiger partial charge is 0.268 e. The van der Waals surface area contributed by atoms with Crippen molar-refractivity contribution < 1.29 is 9.21 Å². The second-order valence-corrected chi connectivity index (χ2v) is 9.27. The quantitative estimate of drug-likeness (QED) is 0.197. The van der Waals surface area contributed by atoms with Crippen LogP contribution in [0.15, 0.2) is 95.0 Å². The maximum atomic E-state index is 12.7. The standard InChI is InChI=1S/C28H18ClN3O2S/c29-25-11-4-3-10-24(25)26-13-12-21(34-26)14-20(16-30)27(33)32-28-31-17-22(35-28)15-19-8-5-7-18-6-1-2-9-23(18)19/h1-14,17H,15H2,(H,31,32,33)/b20-14+. The van der Waals surface area contributed by atoms with Gasteiger partial charge in [0.05, 0.1) is 5.02 Å². The monoisotopic (exact) mass is 495 g/mol. The molecule has 0 saturated carbocycles. The molecule has 1 amide bonds. The summed E-state index contributed by atoms with van der Waals surface area (Å²) in [5.41, 5.74) is 1.84. The van der Waals surface area contributed by atoms with Gasteiger partial charge in [-0.15, -0.1) is 11.3 Å². The molecular formula is C28H18ClN3O2S. The molecule has 0 spiro atoms. The third kappa shape index (κ3) is 5.02. The van der Waals surface area contributed by atoms with E-state index in [1.54, 1.807) is 24.4 Å². The molecule has 5 aromatic rings. The van der Waals surface area contributed by atoms with E-state index in [1.807, 2.05) is 42.5 Å². The fourth-order valence-electron chi connectivity index (χ4n) is 3.77. The largest absolute Gasteiger partial charge is 0.457 e. The number of halogens is 1. The van der Waals surface area contributed by atoms with Crippen LogP contribution in [0.3, 0.4) is 0 Å². The Balaban J connectivity index is 1.30. The van der Waals surface area contributed by atoms with Crippen LogP contribution in [-0.4, -0.2) is 10.9 Å². The highest BCUT2D eigenvalue weighted by atomic mass is 35.5. The van der Waals surface area contributed by atoms with Crippen molar-refractivity contribution in [2.45, 2.75) is 6.42 Å². The Labute approximate surface area is 210 Å². The van der Waals surface area contributed by atoms with E-state index in [4.69, 9.17) is 16.0 Å². The van der Waals surface area contributed by atoms with Crippen LogP contribution in [-0.2, 0) is 11.2 Å². The Morgan fingerprint density at radius 3 is 2.71 bits per heavy atom. The van der Waals surface area contributed by atoms with E-state index in [-0.39, 0.29) is 5.57 Å². The number of amides is 1. The van der Waals surface area contributed by atoms with Crippen LogP contribution in [0, 0.1) is 11.3 Å². The zero-order chi connectivity index (χ0) is 24.2. The number of furan rings is 1. The zero-order valence-corrected chi connectivity index (χ0v) is 19.9. The van der Waals surface area contributed by atoms with Crippen molar-refractivity contribution in [3.05, 3.63) is 112 Å². The summed E-state index contributed by atoms with van der Waals surface area (Å²) in [6, 6.07) is 27.1. The molecule has 0 atom stereocenters.